The van der Waals surface area contributed by atoms with Crippen molar-refractivity contribution in [3.63, 3.8) is 0 Å². The highest BCUT2D eigenvalue weighted by atomic mass is 16.5. The molecule has 0 radical (unpaired) electrons. The molecular weight excluding hydrogens is 1420 g/mol. The predicted molar refractivity (Wildman–Crippen MR) is 445 cm³/mol. The van der Waals surface area contributed by atoms with Gasteiger partial charge in [0.2, 0.25) is 0 Å². The van der Waals surface area contributed by atoms with Gasteiger partial charge >= 0.3 is 0 Å². The molecule has 3 aliphatic rings. The minimum Gasteiger partial charge on any atom is -0.382 e. The zero-order valence-electron chi connectivity index (χ0n) is 64.9. The average Bonchev–Trinajstić information content (AvgIpc) is 0.823. The molecule has 0 unspecified atom stereocenters. The van der Waals surface area contributed by atoms with Crippen LogP contribution in [0.1, 0.15) is 116 Å². The highest BCUT2D eigenvalue weighted by Crippen LogP contribution is 2.27. The Bertz CT molecular complexity index is 5750. The second-order valence-corrected chi connectivity index (χ2v) is 28.3. The van der Waals surface area contributed by atoms with Gasteiger partial charge in [0.15, 0.2) is 5.69 Å². The maximum atomic E-state index is 13.1. The van der Waals surface area contributed by atoms with E-state index < -0.39 is 0 Å². The van der Waals surface area contributed by atoms with Gasteiger partial charge in [-0.05, 0) is 172 Å². The second-order valence-electron chi connectivity index (χ2n) is 28.3. The van der Waals surface area contributed by atoms with Crippen LogP contribution in [0, 0.1) is 70.1 Å². The topological polar surface area (TPSA) is 312 Å². The van der Waals surface area contributed by atoms with E-state index in [9.17, 15) is 14.4 Å². The summed E-state index contributed by atoms with van der Waals surface area (Å²) in [5.74, 6) is 19.2. The number of likely N-dealkylation sites (N-methyl/N-ethyl adjacent to an activating group) is 2. The number of ether oxygens (including phenoxy) is 1. The minimum absolute atomic E-state index is 0.225. The van der Waals surface area contributed by atoms with Crippen LogP contribution in [0.15, 0.2) is 159 Å². The molecule has 3 saturated heterocycles. The van der Waals surface area contributed by atoms with Gasteiger partial charge in [0.25, 0.3) is 17.7 Å². The Balaban J connectivity index is 0.000000148. The van der Waals surface area contributed by atoms with Gasteiger partial charge in [-0.2, -0.15) is 5.10 Å². The number of aromatic nitrogens is 10. The second kappa shape index (κ2) is 36.3. The standard InChI is InChI=1S/C31H33N7O.C29H28N6O2.C28H30N8O/c1-4-37-12-14-38(15-13-37)20-25-9-10-27(16-21(25)2)36-31(39)26-17-23(22(3)34-19-26)7-8-24-18-35-30(32)29-28(24)6-5-11-33-29;1-19-14-25(8-7-23(19)18-35-10-12-37-13-11-35)34-29(36)24-15-21(20(2)32-17-24)5-6-22-16-33-28(30)27-26(22)4-3-9-31-27;1-19-15-22(8-6-21(19)18-36-13-11-34(2)12-14-36)32-28(37)25-16-23(35(3)33-25)9-7-20-17-31-27(29)26-24(20)5-4-10-30-26/h5-6,9-11,16-19H,4,12-15,20H2,1-3H3,(H2,32,35)(H,36,39);3-4,7-9,14-17H,10-13,18H2,1-2H3,(H2,30,33)(H,34,36);4-6,8,10,15-17H,11-14,18H2,1-3H3,(H2,29,31)(H,32,37). The van der Waals surface area contributed by atoms with Gasteiger partial charge in [0.1, 0.15) is 39.7 Å². The number of fused-ring (bicyclic) bond motifs is 3. The number of hydrogen-bond donors (Lipinski definition) is 6. The molecule has 0 atom stereocenters. The van der Waals surface area contributed by atoms with E-state index in [1.807, 2.05) is 86.6 Å². The van der Waals surface area contributed by atoms with Crippen molar-refractivity contribution in [3.8, 4) is 35.5 Å². The molecule has 3 aromatic carbocycles. The Kier molecular flexibility index (Phi) is 25.1. The maximum absolute atomic E-state index is 13.1. The van der Waals surface area contributed by atoms with Crippen LogP contribution in [-0.4, -0.2) is 184 Å². The highest BCUT2D eigenvalue weighted by Gasteiger charge is 2.21. The fraction of sp³-hybridized carbons (Fsp3) is 0.273. The molecule has 9 aromatic heterocycles. The van der Waals surface area contributed by atoms with E-state index in [1.165, 1.54) is 16.7 Å². The number of anilines is 6. The van der Waals surface area contributed by atoms with E-state index in [2.05, 4.69) is 174 Å². The smallest absolute Gasteiger partial charge is 0.276 e. The number of benzene rings is 3. The van der Waals surface area contributed by atoms with Crippen molar-refractivity contribution in [2.75, 3.05) is 125 Å². The molecule has 25 nitrogen and oxygen atoms in total. The number of rotatable bonds is 13. The number of aryl methyl sites for hydroxylation is 6. The van der Waals surface area contributed by atoms with Crippen molar-refractivity contribution >= 4 is 84.9 Å². The molecule has 0 spiro atoms. The van der Waals surface area contributed by atoms with Crippen molar-refractivity contribution in [2.24, 2.45) is 7.05 Å². The maximum Gasteiger partial charge on any atom is 0.276 e. The van der Waals surface area contributed by atoms with Crippen LogP contribution in [0.5, 0.6) is 0 Å². The lowest BCUT2D eigenvalue weighted by Gasteiger charge is -2.34. The number of hydrogen-bond acceptors (Lipinski definition) is 21. The Labute approximate surface area is 657 Å². The van der Waals surface area contributed by atoms with Crippen LogP contribution in [0.25, 0.3) is 32.7 Å². The third kappa shape index (κ3) is 19.8. The van der Waals surface area contributed by atoms with Crippen molar-refractivity contribution < 1.29 is 19.1 Å². The zero-order chi connectivity index (χ0) is 79.1. The predicted octanol–water partition coefficient (Wildman–Crippen LogP) is 10.4. The Hall–Kier alpha value is -12.9. The SMILES string of the molecule is CCN1CCN(Cc2ccc(NC(=O)c3cnc(C)c(C#Cc4cnc(N)c5ncccc45)c3)cc2C)CC1.Cc1cc(NC(=O)c2cc(C#Cc3cnc(N)c4ncccc34)n(C)n2)ccc1CN1CCN(C)CC1.Cc1cc(NC(=O)c2cnc(C)c(C#Cc3cnc(N)c4ncccc34)c2)ccc1CN1CCOCC1. The minimum atomic E-state index is -0.279. The number of carbonyl (C=O) groups is 3. The summed E-state index contributed by atoms with van der Waals surface area (Å²) >= 11 is 0. The summed E-state index contributed by atoms with van der Waals surface area (Å²) in [6.07, 6.45) is 13.1. The number of morpholine rings is 1. The molecule has 0 bridgehead atoms. The van der Waals surface area contributed by atoms with E-state index in [1.54, 1.807) is 79.5 Å². The molecule has 25 heteroatoms. The molecule has 3 aliphatic heterocycles. The number of nitrogens with zero attached hydrogens (tertiary/aromatic N) is 15. The van der Waals surface area contributed by atoms with Crippen LogP contribution >= 0.6 is 0 Å². The van der Waals surface area contributed by atoms with Crippen LogP contribution < -0.4 is 33.2 Å². The molecule has 113 heavy (non-hydrogen) atoms. The molecule has 12 aromatic rings. The van der Waals surface area contributed by atoms with E-state index >= 15 is 0 Å². The van der Waals surface area contributed by atoms with Gasteiger partial charge in [0.05, 0.1) is 52.4 Å². The van der Waals surface area contributed by atoms with Gasteiger partial charge in [-0.3, -0.25) is 58.7 Å². The van der Waals surface area contributed by atoms with Crippen molar-refractivity contribution in [2.45, 2.75) is 61.2 Å². The van der Waals surface area contributed by atoms with E-state index in [0.29, 0.717) is 84.3 Å². The summed E-state index contributed by atoms with van der Waals surface area (Å²) in [6, 6.07) is 34.6. The van der Waals surface area contributed by atoms with Crippen molar-refractivity contribution in [3.05, 3.63) is 254 Å². The van der Waals surface area contributed by atoms with E-state index in [4.69, 9.17) is 21.9 Å². The van der Waals surface area contributed by atoms with Gasteiger partial charge in [-0.1, -0.05) is 54.7 Å². The van der Waals surface area contributed by atoms with Crippen molar-refractivity contribution in [1.82, 2.24) is 74.2 Å². The number of nitrogens with one attached hydrogen (secondary N) is 3. The molecule has 15 rings (SSSR count). The fourth-order valence-corrected chi connectivity index (χ4v) is 13.4. The van der Waals surface area contributed by atoms with Crippen LogP contribution in [0.3, 0.4) is 0 Å². The molecule has 572 valence electrons. The first kappa shape index (κ1) is 78.2. The van der Waals surface area contributed by atoms with Crippen LogP contribution in [0.2, 0.25) is 0 Å². The zero-order valence-corrected chi connectivity index (χ0v) is 64.9. The molecular formula is C88H91N21O4. The quantitative estimate of drug-likeness (QED) is 0.0584. The number of carbonyl (C=O) groups excluding carboxylic acids is 3. The molecule has 3 amide bonds. The van der Waals surface area contributed by atoms with Crippen LogP contribution in [-0.2, 0) is 31.4 Å². The number of nitrogens with two attached hydrogens (primary N) is 3. The summed E-state index contributed by atoms with van der Waals surface area (Å²) in [7, 11) is 3.92. The lowest BCUT2D eigenvalue weighted by molar-refractivity contribution is 0.0341. The summed E-state index contributed by atoms with van der Waals surface area (Å²) in [5.41, 5.74) is 35.9. The van der Waals surface area contributed by atoms with Crippen molar-refractivity contribution in [1.29, 1.82) is 0 Å². The van der Waals surface area contributed by atoms with Gasteiger partial charge < -0.3 is 47.7 Å². The summed E-state index contributed by atoms with van der Waals surface area (Å²) < 4.78 is 7.03. The fourth-order valence-electron chi connectivity index (χ4n) is 13.4. The number of nitrogen functional groups attached to an aromatic ring is 3. The first-order chi connectivity index (χ1) is 54.7. The molecule has 9 N–H and O–H groups in total. The molecule has 0 aliphatic carbocycles. The number of pyridine rings is 8. The molecule has 12 heterocycles. The first-order valence-corrected chi connectivity index (χ1v) is 37.7. The van der Waals surface area contributed by atoms with Gasteiger partial charge in [-0.25, -0.2) is 15.0 Å². The number of piperazine rings is 2. The molecule has 3 fully saturated rings. The Morgan fingerprint density at radius 2 is 0.788 bits per heavy atom. The summed E-state index contributed by atoms with van der Waals surface area (Å²) in [5, 5.41) is 15.8. The largest absolute Gasteiger partial charge is 0.382 e. The summed E-state index contributed by atoms with van der Waals surface area (Å²) in [4.78, 5) is 85.6. The average molecular weight is 1510 g/mol. The summed E-state index contributed by atoms with van der Waals surface area (Å²) in [6.45, 7) is 28.2. The Morgan fingerprint density at radius 3 is 1.19 bits per heavy atom. The van der Waals surface area contributed by atoms with Gasteiger partial charge in [0, 0.05) is 192 Å². The molecule has 0 saturated carbocycles. The monoisotopic (exact) mass is 1510 g/mol. The highest BCUT2D eigenvalue weighted by molar-refractivity contribution is 6.06. The normalized spacial score (nSPS) is 14.1. The third-order valence-corrected chi connectivity index (χ3v) is 20.4. The number of amides is 3. The third-order valence-electron chi connectivity index (χ3n) is 20.4. The lowest BCUT2D eigenvalue weighted by Crippen LogP contribution is -2.45. The lowest BCUT2D eigenvalue weighted by atomic mass is 10.1. The van der Waals surface area contributed by atoms with E-state index in [0.717, 1.165) is 166 Å². The van der Waals surface area contributed by atoms with E-state index in [-0.39, 0.29) is 17.7 Å². The van der Waals surface area contributed by atoms with Crippen LogP contribution in [0.4, 0.5) is 34.5 Å². The Morgan fingerprint density at radius 1 is 0.416 bits per heavy atom. The first-order valence-electron chi connectivity index (χ1n) is 37.7. The van der Waals surface area contributed by atoms with Gasteiger partial charge in [-0.15, -0.1) is 0 Å².